The Kier molecular flexibility index (Phi) is 10.8. The molecule has 0 spiro atoms. The second kappa shape index (κ2) is 12.5. The lowest BCUT2D eigenvalue weighted by molar-refractivity contribution is -0.464. The van der Waals surface area contributed by atoms with Crippen molar-refractivity contribution in [2.75, 3.05) is 37.9 Å². The monoisotopic (exact) mass is 413 g/mol. The number of carbonyl (C=O) groups is 1. The van der Waals surface area contributed by atoms with E-state index < -0.39 is 13.8 Å². The van der Waals surface area contributed by atoms with Crippen LogP contribution in [0.25, 0.3) is 0 Å². The molecule has 0 aliphatic heterocycles. The summed E-state index contributed by atoms with van der Waals surface area (Å²) in [6.07, 6.45) is 3.27. The lowest BCUT2D eigenvalue weighted by Gasteiger charge is -2.19. The van der Waals surface area contributed by atoms with Crippen LogP contribution < -0.4 is 15.7 Å². The highest BCUT2D eigenvalue weighted by Gasteiger charge is 2.27. The van der Waals surface area contributed by atoms with Crippen molar-refractivity contribution in [2.45, 2.75) is 46.5 Å². The van der Waals surface area contributed by atoms with Crippen LogP contribution in [0, 0.1) is 0 Å². The van der Waals surface area contributed by atoms with Gasteiger partial charge in [-0.25, -0.2) is 19.8 Å². The molecule has 0 aliphatic rings. The minimum absolute atomic E-state index is 0.266. The second-order valence-electron chi connectivity index (χ2n) is 6.62. The summed E-state index contributed by atoms with van der Waals surface area (Å²) >= 11 is 0. The zero-order chi connectivity index (χ0) is 21.0. The molecule has 1 aromatic rings. The number of amides is 2. The third-order valence-corrected chi connectivity index (χ3v) is 5.42. The molecule has 0 saturated heterocycles. The number of urea groups is 1. The van der Waals surface area contributed by atoms with Crippen LogP contribution in [-0.4, -0.2) is 43.8 Å². The molecule has 0 aromatic heterocycles. The van der Waals surface area contributed by atoms with Crippen LogP contribution in [0.15, 0.2) is 24.3 Å². The van der Waals surface area contributed by atoms with E-state index in [4.69, 9.17) is 9.05 Å². The average molecular weight is 413 g/mol. The van der Waals surface area contributed by atoms with Crippen LogP contribution in [0.3, 0.4) is 0 Å². The van der Waals surface area contributed by atoms with E-state index in [2.05, 4.69) is 15.7 Å². The Morgan fingerprint density at radius 2 is 1.43 bits per heavy atom. The van der Waals surface area contributed by atoms with Crippen molar-refractivity contribution in [3.05, 3.63) is 24.3 Å². The summed E-state index contributed by atoms with van der Waals surface area (Å²) in [7, 11) is 0.206. The fourth-order valence-corrected chi connectivity index (χ4v) is 3.25. The van der Waals surface area contributed by atoms with Gasteiger partial charge in [0.05, 0.1) is 27.3 Å². The van der Waals surface area contributed by atoms with Crippen LogP contribution in [0.1, 0.15) is 46.5 Å². The number of rotatable bonds is 11. The molecule has 158 valence electrons. The Bertz CT molecular complexity index is 674. The standard InChI is InChI=1S/C19H33N4O4P/c1-6-8-14-26-28(25,27-15-9-7-2)22-19(24)21-18-12-10-17(11-13-18)20-16(3)23(4)5/h10-13H,6-9,14-15H2,1-5H3,(H2,21,22,24,25)/p+1. The van der Waals surface area contributed by atoms with Gasteiger partial charge in [0.1, 0.15) is 5.69 Å². The van der Waals surface area contributed by atoms with Gasteiger partial charge in [-0.1, -0.05) is 26.7 Å². The normalized spacial score (nSPS) is 11.0. The predicted octanol–water partition coefficient (Wildman–Crippen LogP) is 4.65. The molecule has 0 fully saturated rings. The molecule has 0 aliphatic carbocycles. The van der Waals surface area contributed by atoms with E-state index in [9.17, 15) is 9.36 Å². The molecule has 0 radical (unpaired) electrons. The van der Waals surface area contributed by atoms with Gasteiger partial charge in [0.25, 0.3) is 0 Å². The number of anilines is 2. The Balaban J connectivity index is 2.67. The number of carbonyl (C=O) groups excluding carboxylic acids is 1. The van der Waals surface area contributed by atoms with Crippen molar-refractivity contribution in [1.82, 2.24) is 5.09 Å². The Labute approximate surface area is 168 Å². The van der Waals surface area contributed by atoms with Crippen molar-refractivity contribution in [2.24, 2.45) is 0 Å². The van der Waals surface area contributed by atoms with Gasteiger partial charge < -0.3 is 5.32 Å². The molecule has 8 nitrogen and oxygen atoms in total. The molecule has 0 bridgehead atoms. The van der Waals surface area contributed by atoms with Gasteiger partial charge in [-0.15, -0.1) is 0 Å². The molecule has 1 rings (SSSR count). The maximum Gasteiger partial charge on any atom is 0.436 e. The first-order valence-corrected chi connectivity index (χ1v) is 11.2. The Morgan fingerprint density at radius 3 is 1.86 bits per heavy atom. The molecule has 0 atom stereocenters. The minimum Gasteiger partial charge on any atom is -0.308 e. The number of benzene rings is 1. The molecule has 28 heavy (non-hydrogen) atoms. The first-order chi connectivity index (χ1) is 13.3. The lowest BCUT2D eigenvalue weighted by atomic mass is 10.3. The summed E-state index contributed by atoms with van der Waals surface area (Å²) in [5, 5.41) is 8.26. The van der Waals surface area contributed by atoms with E-state index >= 15 is 0 Å². The van der Waals surface area contributed by atoms with Crippen molar-refractivity contribution in [3.8, 4) is 0 Å². The van der Waals surface area contributed by atoms with Gasteiger partial charge in [0.2, 0.25) is 5.84 Å². The van der Waals surface area contributed by atoms with Crippen LogP contribution in [0.5, 0.6) is 0 Å². The van der Waals surface area contributed by atoms with Gasteiger partial charge in [0.15, 0.2) is 0 Å². The van der Waals surface area contributed by atoms with Gasteiger partial charge in [0, 0.05) is 12.6 Å². The summed E-state index contributed by atoms with van der Waals surface area (Å²) in [5.41, 5.74) is 1.47. The highest BCUT2D eigenvalue weighted by Crippen LogP contribution is 2.44. The zero-order valence-electron chi connectivity index (χ0n) is 17.6. The third-order valence-electron chi connectivity index (χ3n) is 3.90. The highest BCUT2D eigenvalue weighted by molar-refractivity contribution is 7.52. The summed E-state index contributed by atoms with van der Waals surface area (Å²) in [5.74, 6) is 0.993. The molecule has 0 heterocycles. The van der Waals surface area contributed by atoms with E-state index in [0.717, 1.165) is 37.2 Å². The van der Waals surface area contributed by atoms with E-state index in [0.29, 0.717) is 5.69 Å². The summed E-state index contributed by atoms with van der Waals surface area (Å²) in [6, 6.07) is 6.57. The first-order valence-electron chi connectivity index (χ1n) is 9.66. The number of unbranched alkanes of at least 4 members (excludes halogenated alkanes) is 2. The summed E-state index contributed by atoms with van der Waals surface area (Å²) in [6.45, 7) is 6.50. The maximum atomic E-state index is 12.8. The molecule has 9 heteroatoms. The summed E-state index contributed by atoms with van der Waals surface area (Å²) in [4.78, 5) is 12.3. The molecule has 2 amide bonds. The highest BCUT2D eigenvalue weighted by atomic mass is 31.2. The topological polar surface area (TPSA) is 91.7 Å². The zero-order valence-corrected chi connectivity index (χ0v) is 18.5. The van der Waals surface area contributed by atoms with Crippen LogP contribution in [0.4, 0.5) is 16.2 Å². The number of nitrogens with one attached hydrogen (secondary N) is 3. The second-order valence-corrected chi connectivity index (χ2v) is 8.35. The smallest absolute Gasteiger partial charge is 0.308 e. The summed E-state index contributed by atoms with van der Waals surface area (Å²) < 4.78 is 25.4. The van der Waals surface area contributed by atoms with E-state index in [-0.39, 0.29) is 13.2 Å². The van der Waals surface area contributed by atoms with Crippen molar-refractivity contribution in [1.29, 1.82) is 0 Å². The van der Waals surface area contributed by atoms with Crippen molar-refractivity contribution < 1.29 is 23.0 Å². The Hall–Kier alpha value is -1.89. The van der Waals surface area contributed by atoms with Crippen LogP contribution >= 0.6 is 7.75 Å². The van der Waals surface area contributed by atoms with Gasteiger partial charge in [-0.2, -0.15) is 0 Å². The molecular weight excluding hydrogens is 379 g/mol. The van der Waals surface area contributed by atoms with E-state index in [1.54, 1.807) is 12.1 Å². The van der Waals surface area contributed by atoms with Gasteiger partial charge in [-0.3, -0.25) is 13.6 Å². The molecule has 3 N–H and O–H groups in total. The molecular formula is C19H34N4O4P+. The number of hydrogen-bond donors (Lipinski definition) is 3. The SMILES string of the molecule is CCCCOP(=O)(NC(=O)Nc1ccc(NC(C)=[N+](C)C)cc1)OCCCC. The fraction of sp³-hybridized carbons (Fsp3) is 0.579. The quantitative estimate of drug-likeness (QED) is 0.161. The first kappa shape index (κ1) is 24.1. The van der Waals surface area contributed by atoms with Crippen LogP contribution in [-0.2, 0) is 13.6 Å². The van der Waals surface area contributed by atoms with Crippen molar-refractivity contribution >= 4 is 31.0 Å². The number of hydrogen-bond acceptors (Lipinski definition) is 4. The van der Waals surface area contributed by atoms with Crippen molar-refractivity contribution in [3.63, 3.8) is 0 Å². The molecule has 0 unspecified atom stereocenters. The predicted molar refractivity (Wildman–Crippen MR) is 114 cm³/mol. The molecule has 1 aromatic carbocycles. The fourth-order valence-electron chi connectivity index (χ4n) is 2.00. The van der Waals surface area contributed by atoms with E-state index in [1.165, 1.54) is 0 Å². The molecule has 0 saturated carbocycles. The number of nitrogens with zero attached hydrogens (tertiary/aromatic N) is 1. The lowest BCUT2D eigenvalue weighted by Crippen LogP contribution is -2.28. The van der Waals surface area contributed by atoms with Crippen LogP contribution in [0.2, 0.25) is 0 Å². The minimum atomic E-state index is -3.69. The largest absolute Gasteiger partial charge is 0.436 e. The Morgan fingerprint density at radius 1 is 0.964 bits per heavy atom. The maximum absolute atomic E-state index is 12.8. The van der Waals surface area contributed by atoms with Gasteiger partial charge in [-0.05, 0) is 37.1 Å². The number of amidine groups is 1. The average Bonchev–Trinajstić information content (AvgIpc) is 2.63. The van der Waals surface area contributed by atoms with E-state index in [1.807, 2.05) is 51.6 Å². The van der Waals surface area contributed by atoms with Gasteiger partial charge >= 0.3 is 13.8 Å². The third kappa shape index (κ3) is 9.35.